The predicted octanol–water partition coefficient (Wildman–Crippen LogP) is 2.67. The van der Waals surface area contributed by atoms with Crippen molar-refractivity contribution in [2.24, 2.45) is 0 Å². The van der Waals surface area contributed by atoms with Crippen LogP contribution in [0.25, 0.3) is 0 Å². The molecule has 0 aliphatic carbocycles. The van der Waals surface area contributed by atoms with Gasteiger partial charge < -0.3 is 5.11 Å². The molecule has 1 aliphatic rings. The molecule has 106 valence electrons. The normalized spacial score (nSPS) is 24.9. The minimum absolute atomic E-state index is 0.132. The smallest absolute Gasteiger partial charge is 0.244 e. The fourth-order valence-electron chi connectivity index (χ4n) is 2.07. The standard InChI is InChI=1S/C12H15Br2NO3S/c1-8-5-10(14)11(6-9(8)13)19(17,18)15-4-3-12(2,16)7-15/h5-6,16H,3-4,7H2,1-2H3. The van der Waals surface area contributed by atoms with Crippen molar-refractivity contribution in [3.05, 3.63) is 26.6 Å². The van der Waals surface area contributed by atoms with Crippen LogP contribution in [0, 0.1) is 6.92 Å². The van der Waals surface area contributed by atoms with Gasteiger partial charge in [0, 0.05) is 22.0 Å². The van der Waals surface area contributed by atoms with Crippen molar-refractivity contribution in [1.29, 1.82) is 0 Å². The molecule has 1 unspecified atom stereocenters. The Hall–Kier alpha value is 0.0500. The van der Waals surface area contributed by atoms with Gasteiger partial charge in [-0.1, -0.05) is 15.9 Å². The summed E-state index contributed by atoms with van der Waals surface area (Å²) in [6.45, 7) is 4.02. The second-order valence-electron chi connectivity index (χ2n) is 5.12. The lowest BCUT2D eigenvalue weighted by molar-refractivity contribution is 0.0762. The number of aryl methyl sites for hydroxylation is 1. The Morgan fingerprint density at radius 3 is 2.47 bits per heavy atom. The fraction of sp³-hybridized carbons (Fsp3) is 0.500. The van der Waals surface area contributed by atoms with E-state index in [4.69, 9.17) is 0 Å². The zero-order chi connectivity index (χ0) is 14.4. The molecule has 7 heteroatoms. The van der Waals surface area contributed by atoms with E-state index < -0.39 is 15.6 Å². The van der Waals surface area contributed by atoms with Crippen LogP contribution in [0.15, 0.2) is 26.0 Å². The second-order valence-corrected chi connectivity index (χ2v) is 8.73. The van der Waals surface area contributed by atoms with Crippen LogP contribution in [0.4, 0.5) is 0 Å². The summed E-state index contributed by atoms with van der Waals surface area (Å²) in [6.07, 6.45) is 0.455. The summed E-state index contributed by atoms with van der Waals surface area (Å²) < 4.78 is 27.8. The Morgan fingerprint density at radius 1 is 1.32 bits per heavy atom. The molecule has 1 aliphatic heterocycles. The van der Waals surface area contributed by atoms with Gasteiger partial charge in [0.25, 0.3) is 0 Å². The quantitative estimate of drug-likeness (QED) is 0.812. The van der Waals surface area contributed by atoms with E-state index in [9.17, 15) is 13.5 Å². The molecule has 4 nitrogen and oxygen atoms in total. The van der Waals surface area contributed by atoms with E-state index in [1.54, 1.807) is 19.1 Å². The number of hydrogen-bond donors (Lipinski definition) is 1. The molecule has 0 saturated carbocycles. The van der Waals surface area contributed by atoms with Crippen LogP contribution < -0.4 is 0 Å². The van der Waals surface area contributed by atoms with Gasteiger partial charge >= 0.3 is 0 Å². The minimum atomic E-state index is -3.58. The van der Waals surface area contributed by atoms with Gasteiger partial charge in [0.05, 0.1) is 10.5 Å². The SMILES string of the molecule is Cc1cc(Br)c(S(=O)(=O)N2CCC(C)(O)C2)cc1Br. The van der Waals surface area contributed by atoms with E-state index in [0.29, 0.717) is 17.4 Å². The van der Waals surface area contributed by atoms with Crippen LogP contribution in [0.1, 0.15) is 18.9 Å². The van der Waals surface area contributed by atoms with Crippen molar-refractivity contribution in [2.75, 3.05) is 13.1 Å². The van der Waals surface area contributed by atoms with Gasteiger partial charge in [0.15, 0.2) is 0 Å². The molecule has 19 heavy (non-hydrogen) atoms. The number of hydrogen-bond acceptors (Lipinski definition) is 3. The molecule has 2 rings (SSSR count). The zero-order valence-corrected chi connectivity index (χ0v) is 14.6. The Bertz CT molecular complexity index is 614. The molecule has 0 bridgehead atoms. The minimum Gasteiger partial charge on any atom is -0.389 e. The third kappa shape index (κ3) is 3.05. The highest BCUT2D eigenvalue weighted by Gasteiger charge is 2.39. The number of β-amino-alcohol motifs (C(OH)–C–C–N with tert-alkyl or cyclic N) is 1. The maximum Gasteiger partial charge on any atom is 0.244 e. The first-order chi connectivity index (χ1) is 8.63. The number of rotatable bonds is 2. The lowest BCUT2D eigenvalue weighted by atomic mass is 10.1. The van der Waals surface area contributed by atoms with Gasteiger partial charge in [-0.25, -0.2) is 8.42 Å². The van der Waals surface area contributed by atoms with E-state index in [1.807, 2.05) is 6.92 Å². The van der Waals surface area contributed by atoms with Gasteiger partial charge in [0.1, 0.15) is 0 Å². The largest absolute Gasteiger partial charge is 0.389 e. The highest BCUT2D eigenvalue weighted by atomic mass is 79.9. The van der Waals surface area contributed by atoms with Crippen LogP contribution in [0.5, 0.6) is 0 Å². The van der Waals surface area contributed by atoms with Crippen molar-refractivity contribution in [1.82, 2.24) is 4.31 Å². The summed E-state index contributed by atoms with van der Waals surface area (Å²) in [5.41, 5.74) is 0.0147. The first-order valence-corrected chi connectivity index (χ1v) is 8.84. The molecule has 1 aromatic carbocycles. The summed E-state index contributed by atoms with van der Waals surface area (Å²) in [5.74, 6) is 0. The molecule has 1 aromatic rings. The molecule has 0 spiro atoms. The Balaban J connectivity index is 2.44. The summed E-state index contributed by atoms with van der Waals surface area (Å²) in [6, 6.07) is 3.37. The predicted molar refractivity (Wildman–Crippen MR) is 80.6 cm³/mol. The first kappa shape index (κ1) is 15.4. The number of aliphatic hydroxyl groups is 1. The summed E-state index contributed by atoms with van der Waals surface area (Å²) in [4.78, 5) is 0.225. The van der Waals surface area contributed by atoms with E-state index >= 15 is 0 Å². The van der Waals surface area contributed by atoms with Gasteiger partial charge in [0.2, 0.25) is 10.0 Å². The van der Waals surface area contributed by atoms with E-state index in [-0.39, 0.29) is 11.4 Å². The van der Waals surface area contributed by atoms with Crippen LogP contribution in [-0.4, -0.2) is 36.5 Å². The van der Waals surface area contributed by atoms with E-state index in [1.165, 1.54) is 4.31 Å². The van der Waals surface area contributed by atoms with E-state index in [2.05, 4.69) is 31.9 Å². The van der Waals surface area contributed by atoms with Crippen molar-refractivity contribution >= 4 is 41.9 Å². The molecule has 0 amide bonds. The zero-order valence-electron chi connectivity index (χ0n) is 10.7. The van der Waals surface area contributed by atoms with E-state index in [0.717, 1.165) is 10.0 Å². The Kier molecular flexibility index (Phi) is 4.15. The highest BCUT2D eigenvalue weighted by Crippen LogP contribution is 2.33. The molecule has 0 aromatic heterocycles. The van der Waals surface area contributed by atoms with Gasteiger partial charge in [-0.05, 0) is 53.9 Å². The van der Waals surface area contributed by atoms with Crippen LogP contribution in [-0.2, 0) is 10.0 Å². The third-order valence-corrected chi connectivity index (χ3v) is 6.91. The van der Waals surface area contributed by atoms with Crippen molar-refractivity contribution in [2.45, 2.75) is 30.8 Å². The molecule has 1 fully saturated rings. The third-order valence-electron chi connectivity index (χ3n) is 3.25. The van der Waals surface area contributed by atoms with Crippen LogP contribution in [0.3, 0.4) is 0 Å². The topological polar surface area (TPSA) is 57.6 Å². The van der Waals surface area contributed by atoms with Crippen molar-refractivity contribution in [3.8, 4) is 0 Å². The number of nitrogens with zero attached hydrogens (tertiary/aromatic N) is 1. The first-order valence-electron chi connectivity index (χ1n) is 5.82. The maximum atomic E-state index is 12.6. The fourth-order valence-corrected chi connectivity index (χ4v) is 5.27. The lowest BCUT2D eigenvalue weighted by Crippen LogP contribution is -2.34. The molecule has 1 atom stereocenters. The Morgan fingerprint density at radius 2 is 1.95 bits per heavy atom. The number of sulfonamides is 1. The van der Waals surface area contributed by atoms with Crippen LogP contribution >= 0.6 is 31.9 Å². The number of halogens is 2. The van der Waals surface area contributed by atoms with Gasteiger partial charge in [-0.15, -0.1) is 0 Å². The molecule has 1 heterocycles. The van der Waals surface area contributed by atoms with Gasteiger partial charge in [-0.2, -0.15) is 4.31 Å². The van der Waals surface area contributed by atoms with Crippen LogP contribution in [0.2, 0.25) is 0 Å². The molecule has 1 saturated heterocycles. The molecule has 0 radical (unpaired) electrons. The van der Waals surface area contributed by atoms with Crippen molar-refractivity contribution in [3.63, 3.8) is 0 Å². The number of benzene rings is 1. The monoisotopic (exact) mass is 411 g/mol. The lowest BCUT2D eigenvalue weighted by Gasteiger charge is -2.20. The summed E-state index contributed by atoms with van der Waals surface area (Å²) in [7, 11) is -3.58. The maximum absolute atomic E-state index is 12.6. The summed E-state index contributed by atoms with van der Waals surface area (Å²) >= 11 is 6.65. The van der Waals surface area contributed by atoms with Gasteiger partial charge in [-0.3, -0.25) is 0 Å². The molecular formula is C12H15Br2NO3S. The average Bonchev–Trinajstić information content (AvgIpc) is 2.64. The Labute approximate surface area is 130 Å². The summed E-state index contributed by atoms with van der Waals surface area (Å²) in [5, 5.41) is 9.92. The second kappa shape index (κ2) is 5.11. The molecular weight excluding hydrogens is 398 g/mol. The highest BCUT2D eigenvalue weighted by molar-refractivity contribution is 9.11. The average molecular weight is 413 g/mol. The molecule has 1 N–H and O–H groups in total. The van der Waals surface area contributed by atoms with Crippen molar-refractivity contribution < 1.29 is 13.5 Å².